The van der Waals surface area contributed by atoms with Gasteiger partial charge in [0.25, 0.3) is 7.82 Å². The zero-order chi connectivity index (χ0) is 39.4. The van der Waals surface area contributed by atoms with Crippen molar-refractivity contribution in [2.24, 2.45) is 11.5 Å². The number of aliphatic hydroxyl groups is 4. The first-order chi connectivity index (χ1) is 25.2. The SMILES string of the molecule is CCCCCCCCCCCCCCCCOCCOP(=O)([O-])O[C@@H]1OC(C(N)=O)[C@@H](O)[C@H](OC(N)=O)C1O[C@@H]1OC(CO)[C@@H](O)[C@H](O)C1NC(C)=O. The van der Waals surface area contributed by atoms with Crippen LogP contribution in [0.1, 0.15) is 104 Å². The normalized spacial score (nSPS) is 30.0. The summed E-state index contributed by atoms with van der Waals surface area (Å²) in [6, 6.07) is -1.57. The Balaban J connectivity index is 1.91. The minimum absolute atomic E-state index is 0.118. The van der Waals surface area contributed by atoms with Gasteiger partial charge in [-0.25, -0.2) is 4.79 Å². The summed E-state index contributed by atoms with van der Waals surface area (Å²) in [6.45, 7) is 2.24. The molecule has 0 saturated carbocycles. The molecule has 0 radical (unpaired) electrons. The minimum atomic E-state index is -5.34. The number of phosphoric acid groups is 1. The number of nitrogens with two attached hydrogens (primary N) is 2. The van der Waals surface area contributed by atoms with Crippen LogP contribution in [-0.2, 0) is 46.9 Å². The predicted molar refractivity (Wildman–Crippen MR) is 184 cm³/mol. The Morgan fingerprint density at radius 1 is 0.774 bits per heavy atom. The Hall–Kier alpha value is -2.00. The van der Waals surface area contributed by atoms with Crippen molar-refractivity contribution >= 4 is 25.7 Å². The number of nitrogens with one attached hydrogen (secondary N) is 1. The van der Waals surface area contributed by atoms with Crippen molar-refractivity contribution in [3.05, 3.63) is 0 Å². The first-order valence-corrected chi connectivity index (χ1v) is 20.0. The Bertz CT molecular complexity index is 1120. The third-order valence-electron chi connectivity index (χ3n) is 8.95. The van der Waals surface area contributed by atoms with Crippen molar-refractivity contribution in [3.8, 4) is 0 Å². The van der Waals surface area contributed by atoms with Gasteiger partial charge in [0.05, 0.1) is 19.8 Å². The third-order valence-corrected chi connectivity index (χ3v) is 9.91. The molecular weight excluding hydrogens is 725 g/mol. The average Bonchev–Trinajstić information content (AvgIpc) is 3.09. The predicted octanol–water partition coefficient (Wildman–Crippen LogP) is 0.350. The number of primary amides is 2. The van der Waals surface area contributed by atoms with Gasteiger partial charge in [0, 0.05) is 13.5 Å². The zero-order valence-corrected chi connectivity index (χ0v) is 31.7. The smallest absolute Gasteiger partial charge is 0.404 e. The number of carbonyl (C=O) groups is 3. The maximum Gasteiger partial charge on any atom is 0.404 e. The molecule has 19 nitrogen and oxygen atoms in total. The molecule has 2 aliphatic heterocycles. The fraction of sp³-hybridized carbons (Fsp3) is 0.909. The van der Waals surface area contributed by atoms with Gasteiger partial charge >= 0.3 is 6.09 Å². The van der Waals surface area contributed by atoms with E-state index >= 15 is 0 Å². The molecule has 5 unspecified atom stereocenters. The summed E-state index contributed by atoms with van der Waals surface area (Å²) >= 11 is 0. The number of phosphoric ester groups is 1. The van der Waals surface area contributed by atoms with Crippen LogP contribution >= 0.6 is 7.82 Å². The Kier molecular flexibility index (Phi) is 22.4. The van der Waals surface area contributed by atoms with E-state index < -0.39 is 100 Å². The largest absolute Gasteiger partial charge is 0.756 e. The second kappa shape index (κ2) is 25.2. The summed E-state index contributed by atoms with van der Waals surface area (Å²) in [7, 11) is -5.34. The zero-order valence-electron chi connectivity index (χ0n) is 30.8. The minimum Gasteiger partial charge on any atom is -0.756 e. The van der Waals surface area contributed by atoms with Gasteiger partial charge in [-0.2, -0.15) is 0 Å². The lowest BCUT2D eigenvalue weighted by molar-refractivity contribution is -0.346. The van der Waals surface area contributed by atoms with Crippen molar-refractivity contribution < 1.29 is 77.0 Å². The third kappa shape index (κ3) is 17.1. The van der Waals surface area contributed by atoms with E-state index in [1.54, 1.807) is 0 Å². The lowest BCUT2D eigenvalue weighted by atomic mass is 9.95. The summed E-state index contributed by atoms with van der Waals surface area (Å²) in [5.41, 5.74) is 10.5. The van der Waals surface area contributed by atoms with Gasteiger partial charge in [-0.05, 0) is 6.42 Å². The maximum absolute atomic E-state index is 12.9. The van der Waals surface area contributed by atoms with E-state index in [0.29, 0.717) is 6.61 Å². The number of rotatable bonds is 27. The Morgan fingerprint density at radius 3 is 1.85 bits per heavy atom. The molecule has 2 rings (SSSR count). The van der Waals surface area contributed by atoms with Gasteiger partial charge in [-0.1, -0.05) is 90.4 Å². The summed E-state index contributed by atoms with van der Waals surface area (Å²) in [6.07, 6.45) is -1.87. The molecule has 0 aromatic heterocycles. The van der Waals surface area contributed by atoms with Crippen molar-refractivity contribution in [2.75, 3.05) is 26.4 Å². The number of ether oxygens (including phenoxy) is 5. The van der Waals surface area contributed by atoms with Crippen LogP contribution < -0.4 is 21.7 Å². The highest BCUT2D eigenvalue weighted by molar-refractivity contribution is 7.45. The maximum atomic E-state index is 12.9. The van der Waals surface area contributed by atoms with Crippen molar-refractivity contribution in [1.29, 1.82) is 0 Å². The van der Waals surface area contributed by atoms with Crippen LogP contribution in [0.3, 0.4) is 0 Å². The number of unbranched alkanes of at least 4 members (excludes halogenated alkanes) is 13. The molecule has 9 N–H and O–H groups in total. The summed E-state index contributed by atoms with van der Waals surface area (Å²) in [5, 5.41) is 43.8. The van der Waals surface area contributed by atoms with Gasteiger partial charge in [0.15, 0.2) is 30.9 Å². The van der Waals surface area contributed by atoms with Crippen LogP contribution in [0.5, 0.6) is 0 Å². The fourth-order valence-electron chi connectivity index (χ4n) is 6.16. The number of carbonyl (C=O) groups excluding carboxylic acids is 3. The average molecular weight is 787 g/mol. The van der Waals surface area contributed by atoms with Crippen LogP contribution in [0.15, 0.2) is 0 Å². The Labute approximate surface area is 310 Å². The lowest BCUT2D eigenvalue weighted by Crippen LogP contribution is -2.68. The number of aliphatic hydroxyl groups excluding tert-OH is 4. The quantitative estimate of drug-likeness (QED) is 0.0436. The molecule has 0 aromatic carbocycles. The van der Waals surface area contributed by atoms with Gasteiger partial charge < -0.3 is 70.3 Å². The lowest BCUT2D eigenvalue weighted by Gasteiger charge is -2.47. The molecule has 0 bridgehead atoms. The molecular formula is C33H61N3O16P-. The first-order valence-electron chi connectivity index (χ1n) is 18.6. The van der Waals surface area contributed by atoms with E-state index in [0.717, 1.165) is 32.6 Å². The molecule has 3 amide bonds. The second-order valence-electron chi connectivity index (χ2n) is 13.3. The van der Waals surface area contributed by atoms with Crippen LogP contribution in [-0.4, -0.2) is 126 Å². The summed E-state index contributed by atoms with van der Waals surface area (Å²) < 4.78 is 49.8. The fourth-order valence-corrected chi connectivity index (χ4v) is 6.95. The summed E-state index contributed by atoms with van der Waals surface area (Å²) in [4.78, 5) is 48.7. The molecule has 20 heteroatoms. The van der Waals surface area contributed by atoms with Gasteiger partial charge in [0.1, 0.15) is 30.5 Å². The van der Waals surface area contributed by atoms with Gasteiger partial charge in [-0.3, -0.25) is 18.7 Å². The highest BCUT2D eigenvalue weighted by Gasteiger charge is 2.55. The van der Waals surface area contributed by atoms with Crippen LogP contribution in [0, 0.1) is 0 Å². The topological polar surface area (TPSA) is 301 Å². The Morgan fingerprint density at radius 2 is 1.34 bits per heavy atom. The highest BCUT2D eigenvalue weighted by Crippen LogP contribution is 2.43. The standard InChI is InChI=1S/C33H62N3O16P/c1-3-4-5-6-7-8-9-10-11-12-13-14-15-16-17-46-18-19-47-53(44,45)52-32-29(27(51-33(35)43)26(41)28(49-32)30(34)42)50-31-23(36-21(2)38)25(40)24(39)22(20-37)48-31/h22-29,31-32,37,39-41H,3-20H2,1-2H3,(H2,34,42)(H2,35,43)(H,36,38)(H,44,45)/p-1/t22?,23?,24-,25-,26+,27+,28?,29?,31+,32+/m1/s1. The van der Waals surface area contributed by atoms with Crippen LogP contribution in [0.25, 0.3) is 0 Å². The number of amides is 3. The van der Waals surface area contributed by atoms with E-state index in [2.05, 4.69) is 12.2 Å². The van der Waals surface area contributed by atoms with E-state index in [1.807, 2.05) is 0 Å². The molecule has 2 saturated heterocycles. The molecule has 2 aliphatic rings. The first kappa shape index (κ1) is 47.2. The molecule has 53 heavy (non-hydrogen) atoms. The molecule has 2 heterocycles. The van der Waals surface area contributed by atoms with Crippen molar-refractivity contribution in [2.45, 2.75) is 165 Å². The van der Waals surface area contributed by atoms with Gasteiger partial charge in [-0.15, -0.1) is 0 Å². The number of hydrogen-bond acceptors (Lipinski definition) is 16. The van der Waals surface area contributed by atoms with Crippen molar-refractivity contribution in [3.63, 3.8) is 0 Å². The second-order valence-corrected chi connectivity index (χ2v) is 14.7. The van der Waals surface area contributed by atoms with E-state index in [9.17, 15) is 44.3 Å². The van der Waals surface area contributed by atoms with E-state index in [-0.39, 0.29) is 6.61 Å². The molecule has 11 atom stereocenters. The van der Waals surface area contributed by atoms with E-state index in [1.165, 1.54) is 64.2 Å². The highest BCUT2D eigenvalue weighted by atomic mass is 31.2. The van der Waals surface area contributed by atoms with Crippen LogP contribution in [0.2, 0.25) is 0 Å². The molecule has 0 aliphatic carbocycles. The summed E-state index contributed by atoms with van der Waals surface area (Å²) in [5.74, 6) is -2.04. The molecule has 0 spiro atoms. The van der Waals surface area contributed by atoms with Crippen molar-refractivity contribution in [1.82, 2.24) is 5.32 Å². The molecule has 0 aromatic rings. The van der Waals surface area contributed by atoms with E-state index in [4.69, 9.17) is 44.2 Å². The molecule has 2 fully saturated rings. The van der Waals surface area contributed by atoms with Gasteiger partial charge in [0.2, 0.25) is 11.8 Å². The number of hydrogen-bond donors (Lipinski definition) is 7. The van der Waals surface area contributed by atoms with Crippen LogP contribution in [0.4, 0.5) is 4.79 Å². The monoisotopic (exact) mass is 786 g/mol. The molecule has 310 valence electrons.